The van der Waals surface area contributed by atoms with Crippen LogP contribution in [-0.2, 0) is 0 Å². The molecule has 6 nitrogen and oxygen atoms in total. The molecule has 0 aliphatic heterocycles. The maximum absolute atomic E-state index is 12.3. The summed E-state index contributed by atoms with van der Waals surface area (Å²) in [6, 6.07) is -0.829. The summed E-state index contributed by atoms with van der Waals surface area (Å²) in [6.45, 7) is 4.80. The van der Waals surface area contributed by atoms with Gasteiger partial charge in [-0.2, -0.15) is 0 Å². The van der Waals surface area contributed by atoms with Gasteiger partial charge in [-0.15, -0.1) is 0 Å². The molecule has 0 aliphatic carbocycles. The van der Waals surface area contributed by atoms with Gasteiger partial charge < -0.3 is 15.6 Å². The predicted molar refractivity (Wildman–Crippen MR) is 133 cm³/mol. The van der Waals surface area contributed by atoms with Crippen LogP contribution in [-0.4, -0.2) is 34.4 Å². The van der Waals surface area contributed by atoms with Gasteiger partial charge in [-0.3, -0.25) is 4.79 Å². The molecule has 2 amide bonds. The zero-order chi connectivity index (χ0) is 23.3. The van der Waals surface area contributed by atoms with Crippen molar-refractivity contribution in [3.63, 3.8) is 0 Å². The number of imidazole rings is 1. The van der Waals surface area contributed by atoms with Crippen molar-refractivity contribution in [1.82, 2.24) is 20.6 Å². The fourth-order valence-electron chi connectivity index (χ4n) is 4.00. The number of aromatic nitrogens is 2. The number of carbonyl (C=O) groups excluding carboxylic acids is 2. The molecule has 32 heavy (non-hydrogen) atoms. The van der Waals surface area contributed by atoms with Crippen LogP contribution < -0.4 is 10.6 Å². The molecule has 1 aromatic rings. The Morgan fingerprint density at radius 3 is 1.75 bits per heavy atom. The average Bonchev–Trinajstić information content (AvgIpc) is 3.34. The number of amides is 2. The second kappa shape index (κ2) is 19.8. The van der Waals surface area contributed by atoms with E-state index in [1.165, 1.54) is 96.1 Å². The summed E-state index contributed by atoms with van der Waals surface area (Å²) < 4.78 is 0. The lowest BCUT2D eigenvalue weighted by molar-refractivity contribution is 0.0934. The van der Waals surface area contributed by atoms with Gasteiger partial charge >= 0.3 is 6.03 Å². The monoisotopic (exact) mass is 448 g/mol. The van der Waals surface area contributed by atoms with Gasteiger partial charge in [0, 0.05) is 18.9 Å². The van der Waals surface area contributed by atoms with Crippen LogP contribution in [0.3, 0.4) is 0 Å². The van der Waals surface area contributed by atoms with E-state index in [-0.39, 0.29) is 17.6 Å². The third kappa shape index (κ3) is 14.3. The molecule has 3 N–H and O–H groups in total. The molecule has 0 fully saturated rings. The summed E-state index contributed by atoms with van der Waals surface area (Å²) in [5.74, 6) is 0.102. The lowest BCUT2D eigenvalue weighted by Crippen LogP contribution is -2.46. The second-order valence-corrected chi connectivity index (χ2v) is 8.97. The number of urea groups is 1. The van der Waals surface area contributed by atoms with Crippen molar-refractivity contribution in [2.75, 3.05) is 6.54 Å². The van der Waals surface area contributed by atoms with E-state index < -0.39 is 6.04 Å². The first-order chi connectivity index (χ1) is 15.7. The van der Waals surface area contributed by atoms with E-state index in [9.17, 15) is 9.59 Å². The summed E-state index contributed by atoms with van der Waals surface area (Å²) in [6.07, 6.45) is 25.1. The molecular weight excluding hydrogens is 400 g/mol. The number of hydrogen-bond acceptors (Lipinski definition) is 3. The summed E-state index contributed by atoms with van der Waals surface area (Å²) >= 11 is 0. The minimum absolute atomic E-state index is 0.185. The SMILES string of the molecule is CCCCCCCCCCCCCCCCCCNC(=O)NC(CC)C(=O)c1ncc[nH]1. The average molecular weight is 449 g/mol. The number of aromatic amines is 1. The van der Waals surface area contributed by atoms with E-state index in [0.29, 0.717) is 13.0 Å². The molecular formula is C26H48N4O2. The maximum atomic E-state index is 12.3. The molecule has 0 radical (unpaired) electrons. The third-order valence-corrected chi connectivity index (χ3v) is 6.08. The first-order valence-electron chi connectivity index (χ1n) is 13.3. The molecule has 0 saturated carbocycles. The van der Waals surface area contributed by atoms with Crippen LogP contribution in [0.15, 0.2) is 12.4 Å². The fraction of sp³-hybridized carbons (Fsp3) is 0.808. The van der Waals surface area contributed by atoms with Crippen molar-refractivity contribution in [2.24, 2.45) is 0 Å². The molecule has 0 spiro atoms. The van der Waals surface area contributed by atoms with Gasteiger partial charge in [0.15, 0.2) is 5.82 Å². The molecule has 0 bridgehead atoms. The summed E-state index contributed by atoms with van der Waals surface area (Å²) in [4.78, 5) is 31.1. The summed E-state index contributed by atoms with van der Waals surface area (Å²) in [5, 5.41) is 5.61. The summed E-state index contributed by atoms with van der Waals surface area (Å²) in [5.41, 5.74) is 0. The van der Waals surface area contributed by atoms with E-state index in [4.69, 9.17) is 0 Å². The second-order valence-electron chi connectivity index (χ2n) is 8.97. The van der Waals surface area contributed by atoms with Crippen molar-refractivity contribution in [1.29, 1.82) is 0 Å². The van der Waals surface area contributed by atoms with Gasteiger partial charge in [0.25, 0.3) is 0 Å². The van der Waals surface area contributed by atoms with Crippen LogP contribution >= 0.6 is 0 Å². The zero-order valence-corrected chi connectivity index (χ0v) is 20.7. The van der Waals surface area contributed by atoms with Crippen LogP contribution in [0.4, 0.5) is 4.79 Å². The molecule has 0 aliphatic rings. The Morgan fingerprint density at radius 1 is 0.812 bits per heavy atom. The van der Waals surface area contributed by atoms with Crippen molar-refractivity contribution in [3.8, 4) is 0 Å². The molecule has 6 heteroatoms. The lowest BCUT2D eigenvalue weighted by Gasteiger charge is -2.15. The third-order valence-electron chi connectivity index (χ3n) is 6.08. The topological polar surface area (TPSA) is 86.9 Å². The number of Topliss-reactive ketones (excluding diaryl/α,β-unsaturated/α-hetero) is 1. The van der Waals surface area contributed by atoms with E-state index in [1.54, 1.807) is 6.20 Å². The Bertz CT molecular complexity index is 574. The molecule has 1 aromatic heterocycles. The zero-order valence-electron chi connectivity index (χ0n) is 20.7. The summed E-state index contributed by atoms with van der Waals surface area (Å²) in [7, 11) is 0. The number of nitrogens with zero attached hydrogens (tertiary/aromatic N) is 1. The minimum atomic E-state index is -0.549. The first kappa shape index (κ1) is 28.2. The molecule has 1 unspecified atom stereocenters. The predicted octanol–water partition coefficient (Wildman–Crippen LogP) is 6.93. The number of unbranched alkanes of at least 4 members (excludes halogenated alkanes) is 15. The molecule has 1 rings (SSSR count). The number of carbonyl (C=O) groups is 2. The number of hydrogen-bond donors (Lipinski definition) is 3. The van der Waals surface area contributed by atoms with Crippen molar-refractivity contribution in [2.45, 2.75) is 129 Å². The Balaban J connectivity index is 1.87. The number of H-pyrrole nitrogens is 1. The lowest BCUT2D eigenvalue weighted by atomic mass is 10.0. The van der Waals surface area contributed by atoms with Crippen molar-refractivity contribution in [3.05, 3.63) is 18.2 Å². The van der Waals surface area contributed by atoms with Gasteiger partial charge in [-0.1, -0.05) is 110 Å². The van der Waals surface area contributed by atoms with Gasteiger partial charge in [-0.05, 0) is 12.8 Å². The van der Waals surface area contributed by atoms with Crippen LogP contribution in [0.1, 0.15) is 134 Å². The number of nitrogens with one attached hydrogen (secondary N) is 3. The quantitative estimate of drug-likeness (QED) is 0.141. The normalized spacial score (nSPS) is 11.9. The smallest absolute Gasteiger partial charge is 0.315 e. The van der Waals surface area contributed by atoms with E-state index >= 15 is 0 Å². The molecule has 0 saturated heterocycles. The molecule has 1 heterocycles. The molecule has 0 aromatic carbocycles. The Labute approximate surface area is 196 Å². The minimum Gasteiger partial charge on any atom is -0.342 e. The van der Waals surface area contributed by atoms with Crippen LogP contribution in [0.2, 0.25) is 0 Å². The van der Waals surface area contributed by atoms with Gasteiger partial charge in [0.2, 0.25) is 5.78 Å². The highest BCUT2D eigenvalue weighted by Crippen LogP contribution is 2.13. The highest BCUT2D eigenvalue weighted by Gasteiger charge is 2.21. The van der Waals surface area contributed by atoms with Crippen molar-refractivity contribution >= 4 is 11.8 Å². The number of ketones is 1. The van der Waals surface area contributed by atoms with Crippen LogP contribution in [0.5, 0.6) is 0 Å². The number of rotatable bonds is 21. The Kier molecular flexibility index (Phi) is 17.4. The van der Waals surface area contributed by atoms with E-state index in [1.807, 2.05) is 6.92 Å². The van der Waals surface area contributed by atoms with Gasteiger partial charge in [0.1, 0.15) is 0 Å². The molecule has 1 atom stereocenters. The fourth-order valence-corrected chi connectivity index (χ4v) is 4.00. The van der Waals surface area contributed by atoms with Gasteiger partial charge in [0.05, 0.1) is 6.04 Å². The van der Waals surface area contributed by atoms with Crippen LogP contribution in [0.25, 0.3) is 0 Å². The van der Waals surface area contributed by atoms with E-state index in [2.05, 4.69) is 27.5 Å². The largest absolute Gasteiger partial charge is 0.342 e. The highest BCUT2D eigenvalue weighted by molar-refractivity contribution is 5.98. The highest BCUT2D eigenvalue weighted by atomic mass is 16.2. The Hall–Kier alpha value is -1.85. The molecule has 184 valence electrons. The first-order valence-corrected chi connectivity index (χ1v) is 13.3. The van der Waals surface area contributed by atoms with Crippen LogP contribution in [0, 0.1) is 0 Å². The standard InChI is InChI=1S/C26H48N4O2/c1-3-5-6-7-8-9-10-11-12-13-14-15-16-17-18-19-20-29-26(32)30-23(4-2)24(31)25-27-21-22-28-25/h21-23H,3-20H2,1-2H3,(H,27,28)(H2,29,30,32). The maximum Gasteiger partial charge on any atom is 0.315 e. The van der Waals surface area contributed by atoms with Crippen molar-refractivity contribution < 1.29 is 9.59 Å². The van der Waals surface area contributed by atoms with E-state index in [0.717, 1.165) is 12.8 Å². The van der Waals surface area contributed by atoms with Gasteiger partial charge in [-0.25, -0.2) is 9.78 Å². The Morgan fingerprint density at radius 2 is 1.31 bits per heavy atom.